The van der Waals surface area contributed by atoms with Gasteiger partial charge in [-0.3, -0.25) is 4.79 Å². The molecule has 0 saturated heterocycles. The quantitative estimate of drug-likeness (QED) is 0.727. The van der Waals surface area contributed by atoms with Crippen molar-refractivity contribution in [1.82, 2.24) is 10.0 Å². The third kappa shape index (κ3) is 6.04. The van der Waals surface area contributed by atoms with Crippen molar-refractivity contribution < 1.29 is 30.8 Å². The van der Waals surface area contributed by atoms with Crippen LogP contribution in [0.2, 0.25) is 0 Å². The van der Waals surface area contributed by atoms with E-state index in [4.69, 9.17) is 0 Å². The molecular formula is C17H16F4N2O3S. The van der Waals surface area contributed by atoms with Crippen LogP contribution in [-0.2, 0) is 16.6 Å². The molecular weight excluding hydrogens is 388 g/mol. The molecule has 0 aliphatic carbocycles. The maximum Gasteiger partial charge on any atom is 0.405 e. The van der Waals surface area contributed by atoms with E-state index in [0.717, 1.165) is 24.3 Å². The van der Waals surface area contributed by atoms with E-state index in [0.29, 0.717) is 11.1 Å². The number of hydrogen-bond acceptors (Lipinski definition) is 3. The molecule has 0 saturated carbocycles. The molecule has 10 heteroatoms. The van der Waals surface area contributed by atoms with Gasteiger partial charge in [0.2, 0.25) is 10.0 Å². The second kappa shape index (κ2) is 8.05. The summed E-state index contributed by atoms with van der Waals surface area (Å²) in [5, 5.41) is 1.69. The molecule has 0 radical (unpaired) electrons. The lowest BCUT2D eigenvalue weighted by atomic mass is 10.1. The van der Waals surface area contributed by atoms with Crippen LogP contribution < -0.4 is 10.0 Å². The van der Waals surface area contributed by atoms with Crippen molar-refractivity contribution in [2.45, 2.75) is 24.5 Å². The molecule has 0 heterocycles. The van der Waals surface area contributed by atoms with E-state index in [1.807, 2.05) is 0 Å². The van der Waals surface area contributed by atoms with Crippen molar-refractivity contribution in [1.29, 1.82) is 0 Å². The Labute approximate surface area is 153 Å². The first kappa shape index (κ1) is 20.8. The lowest BCUT2D eigenvalue weighted by Crippen LogP contribution is -2.33. The molecule has 0 spiro atoms. The second-order valence-corrected chi connectivity index (χ2v) is 7.50. The molecule has 0 atom stereocenters. The highest BCUT2D eigenvalue weighted by Gasteiger charge is 2.28. The molecule has 27 heavy (non-hydrogen) atoms. The number of hydrogen-bond donors (Lipinski definition) is 2. The molecule has 0 unspecified atom stereocenters. The fourth-order valence-corrected chi connectivity index (χ4v) is 3.09. The first-order valence-electron chi connectivity index (χ1n) is 7.68. The van der Waals surface area contributed by atoms with Gasteiger partial charge in [-0.1, -0.05) is 12.1 Å². The summed E-state index contributed by atoms with van der Waals surface area (Å²) in [4.78, 5) is 11.4. The summed E-state index contributed by atoms with van der Waals surface area (Å²) in [5.74, 6) is -1.43. The van der Waals surface area contributed by atoms with E-state index in [1.54, 1.807) is 18.3 Å². The van der Waals surface area contributed by atoms with Gasteiger partial charge in [-0.05, 0) is 48.4 Å². The number of benzene rings is 2. The Balaban J connectivity index is 2.03. The highest BCUT2D eigenvalue weighted by molar-refractivity contribution is 7.89. The predicted molar refractivity (Wildman–Crippen MR) is 90.0 cm³/mol. The van der Waals surface area contributed by atoms with Gasteiger partial charge in [-0.15, -0.1) is 0 Å². The topological polar surface area (TPSA) is 75.3 Å². The molecule has 0 fully saturated rings. The minimum absolute atomic E-state index is 0.112. The van der Waals surface area contributed by atoms with Gasteiger partial charge in [0.25, 0.3) is 5.91 Å². The zero-order valence-corrected chi connectivity index (χ0v) is 14.9. The molecule has 2 aromatic rings. The van der Waals surface area contributed by atoms with E-state index in [2.05, 4.69) is 4.72 Å². The Bertz CT molecular complexity index is 926. The van der Waals surface area contributed by atoms with Crippen molar-refractivity contribution in [3.8, 4) is 0 Å². The number of amides is 1. The Morgan fingerprint density at radius 2 is 1.70 bits per heavy atom. The van der Waals surface area contributed by atoms with Crippen LogP contribution in [0.5, 0.6) is 0 Å². The van der Waals surface area contributed by atoms with E-state index in [-0.39, 0.29) is 17.0 Å². The average molecular weight is 404 g/mol. The van der Waals surface area contributed by atoms with E-state index in [9.17, 15) is 30.8 Å². The summed E-state index contributed by atoms with van der Waals surface area (Å²) < 4.78 is 76.6. The number of alkyl halides is 3. The molecule has 0 aliphatic rings. The van der Waals surface area contributed by atoms with Crippen molar-refractivity contribution >= 4 is 15.9 Å². The van der Waals surface area contributed by atoms with Crippen LogP contribution in [0.3, 0.4) is 0 Å². The summed E-state index contributed by atoms with van der Waals surface area (Å²) in [6.07, 6.45) is -4.54. The third-order valence-corrected chi connectivity index (χ3v) is 5.00. The van der Waals surface area contributed by atoms with Gasteiger partial charge in [-0.2, -0.15) is 13.2 Å². The molecule has 0 aromatic heterocycles. The largest absolute Gasteiger partial charge is 0.405 e. The van der Waals surface area contributed by atoms with Crippen molar-refractivity contribution in [2.75, 3.05) is 6.54 Å². The molecule has 2 N–H and O–H groups in total. The molecule has 5 nitrogen and oxygen atoms in total. The van der Waals surface area contributed by atoms with Crippen molar-refractivity contribution in [3.05, 3.63) is 65.0 Å². The van der Waals surface area contributed by atoms with Gasteiger partial charge < -0.3 is 5.32 Å². The number of carbonyl (C=O) groups is 1. The van der Waals surface area contributed by atoms with Crippen LogP contribution in [0.15, 0.2) is 47.4 Å². The van der Waals surface area contributed by atoms with Crippen LogP contribution in [0.25, 0.3) is 0 Å². The molecule has 2 rings (SSSR count). The maximum absolute atomic E-state index is 13.5. The summed E-state index contributed by atoms with van der Waals surface area (Å²) in [7, 11) is -3.94. The normalized spacial score (nSPS) is 12.0. The zero-order valence-electron chi connectivity index (χ0n) is 14.1. The van der Waals surface area contributed by atoms with Crippen LogP contribution in [0.4, 0.5) is 17.6 Å². The molecule has 0 aliphatic heterocycles. The van der Waals surface area contributed by atoms with Gasteiger partial charge in [0.05, 0.1) is 4.90 Å². The summed E-state index contributed by atoms with van der Waals surface area (Å²) in [6, 6.07) is 8.72. The van der Waals surface area contributed by atoms with Crippen LogP contribution in [-0.4, -0.2) is 27.0 Å². The van der Waals surface area contributed by atoms with Crippen molar-refractivity contribution in [2.24, 2.45) is 0 Å². The van der Waals surface area contributed by atoms with E-state index in [1.165, 1.54) is 12.1 Å². The first-order valence-corrected chi connectivity index (χ1v) is 9.16. The van der Waals surface area contributed by atoms with Gasteiger partial charge >= 0.3 is 6.18 Å². The fraction of sp³-hybridized carbons (Fsp3) is 0.235. The highest BCUT2D eigenvalue weighted by atomic mass is 32.2. The minimum Gasteiger partial charge on any atom is -0.343 e. The van der Waals surface area contributed by atoms with Crippen LogP contribution in [0, 0.1) is 12.7 Å². The minimum atomic E-state index is -4.54. The zero-order chi connectivity index (χ0) is 20.2. The van der Waals surface area contributed by atoms with Gasteiger partial charge in [0, 0.05) is 12.1 Å². The number of carbonyl (C=O) groups excluding carboxylic acids is 1. The number of halogens is 4. The Morgan fingerprint density at radius 3 is 2.26 bits per heavy atom. The molecule has 146 valence electrons. The molecule has 2 aromatic carbocycles. The fourth-order valence-electron chi connectivity index (χ4n) is 2.08. The van der Waals surface area contributed by atoms with E-state index < -0.39 is 34.5 Å². The number of rotatable bonds is 6. The maximum atomic E-state index is 13.5. The number of nitrogens with one attached hydrogen (secondary N) is 2. The third-order valence-electron chi connectivity index (χ3n) is 3.58. The molecule has 1 amide bonds. The smallest absolute Gasteiger partial charge is 0.343 e. The monoisotopic (exact) mass is 404 g/mol. The lowest BCUT2D eigenvalue weighted by Gasteiger charge is -2.10. The van der Waals surface area contributed by atoms with E-state index >= 15 is 0 Å². The Morgan fingerprint density at radius 1 is 1.07 bits per heavy atom. The van der Waals surface area contributed by atoms with Gasteiger partial charge in [0.15, 0.2) is 0 Å². The summed E-state index contributed by atoms with van der Waals surface area (Å²) in [5.41, 5.74) is 0.740. The van der Waals surface area contributed by atoms with Gasteiger partial charge in [-0.25, -0.2) is 17.5 Å². The molecule has 0 bridgehead atoms. The van der Waals surface area contributed by atoms with Crippen LogP contribution >= 0.6 is 0 Å². The summed E-state index contributed by atoms with van der Waals surface area (Å²) >= 11 is 0. The Kier molecular flexibility index (Phi) is 6.22. The standard InChI is InChI=1S/C17H16F4N2O3S/c1-11-2-3-12(8-15(11)18)9-23-27(25,26)14-6-4-13(5-7-14)16(24)22-10-17(19,20)21/h2-8,23H,9-10H2,1H3,(H,22,24). The average Bonchev–Trinajstić information content (AvgIpc) is 2.60. The van der Waals surface area contributed by atoms with Crippen molar-refractivity contribution in [3.63, 3.8) is 0 Å². The highest BCUT2D eigenvalue weighted by Crippen LogP contribution is 2.15. The lowest BCUT2D eigenvalue weighted by molar-refractivity contribution is -0.123. The first-order chi connectivity index (χ1) is 12.5. The summed E-state index contributed by atoms with van der Waals surface area (Å²) in [6.45, 7) is -0.0520. The van der Waals surface area contributed by atoms with Gasteiger partial charge in [0.1, 0.15) is 12.4 Å². The number of sulfonamides is 1. The Hall–Kier alpha value is -2.46. The SMILES string of the molecule is Cc1ccc(CNS(=O)(=O)c2ccc(C(=O)NCC(F)(F)F)cc2)cc1F. The van der Waals surface area contributed by atoms with Crippen LogP contribution in [0.1, 0.15) is 21.5 Å². The second-order valence-electron chi connectivity index (χ2n) is 5.73. The number of aryl methyl sites for hydroxylation is 1. The predicted octanol–water partition coefficient (Wildman–Crippen LogP) is 2.90.